The Morgan fingerprint density at radius 3 is 1.95 bits per heavy atom. The maximum absolute atomic E-state index is 12.0. The van der Waals surface area contributed by atoms with Crippen molar-refractivity contribution in [2.24, 2.45) is 17.8 Å². The molecule has 0 aromatic carbocycles. The van der Waals surface area contributed by atoms with Crippen molar-refractivity contribution < 1.29 is 4.79 Å². The van der Waals surface area contributed by atoms with Gasteiger partial charge in [0.1, 0.15) is 0 Å². The van der Waals surface area contributed by atoms with E-state index in [1.54, 1.807) is 0 Å². The second-order valence-corrected chi connectivity index (χ2v) is 7.24. The number of nitrogens with zero attached hydrogens (tertiary/aromatic N) is 1. The predicted molar refractivity (Wildman–Crippen MR) is 74.7 cm³/mol. The van der Waals surface area contributed by atoms with Gasteiger partial charge in [-0.2, -0.15) is 0 Å². The van der Waals surface area contributed by atoms with Crippen LogP contribution in [0.1, 0.15) is 51.4 Å². The third kappa shape index (κ3) is 2.81. The van der Waals surface area contributed by atoms with E-state index in [4.69, 9.17) is 0 Å². The van der Waals surface area contributed by atoms with Gasteiger partial charge in [-0.1, -0.05) is 0 Å². The summed E-state index contributed by atoms with van der Waals surface area (Å²) in [5.74, 6) is 2.81. The summed E-state index contributed by atoms with van der Waals surface area (Å²) < 4.78 is 0. The molecule has 4 aliphatic rings. The van der Waals surface area contributed by atoms with Crippen molar-refractivity contribution in [2.75, 3.05) is 13.1 Å². The lowest BCUT2D eigenvalue weighted by atomic mass is 10.00. The predicted octanol–water partition coefficient (Wildman–Crippen LogP) is 2.17. The molecule has 0 unspecified atom stereocenters. The molecule has 0 bridgehead atoms. The van der Waals surface area contributed by atoms with Crippen molar-refractivity contribution in [1.82, 2.24) is 10.2 Å². The lowest BCUT2D eigenvalue weighted by molar-refractivity contribution is -0.133. The first kappa shape index (κ1) is 12.2. The molecule has 4 rings (SSSR count). The molecule has 3 saturated carbocycles. The molecule has 1 amide bonds. The monoisotopic (exact) mass is 262 g/mol. The SMILES string of the molecule is O=C(C1CC1)N1CCC(NC(C2CC2)C2CC2)CC1. The zero-order chi connectivity index (χ0) is 12.8. The van der Waals surface area contributed by atoms with Gasteiger partial charge in [0.2, 0.25) is 5.91 Å². The highest BCUT2D eigenvalue weighted by Crippen LogP contribution is 2.45. The first-order valence-electron chi connectivity index (χ1n) is 8.36. The third-order valence-corrected chi connectivity index (χ3v) is 5.42. The van der Waals surface area contributed by atoms with Gasteiger partial charge < -0.3 is 10.2 Å². The molecular formula is C16H26N2O. The Morgan fingerprint density at radius 1 is 0.895 bits per heavy atom. The van der Waals surface area contributed by atoms with Crippen LogP contribution < -0.4 is 5.32 Å². The van der Waals surface area contributed by atoms with Gasteiger partial charge in [-0.25, -0.2) is 0 Å². The van der Waals surface area contributed by atoms with E-state index in [0.717, 1.165) is 43.8 Å². The van der Waals surface area contributed by atoms with Crippen LogP contribution in [0.2, 0.25) is 0 Å². The number of hydrogen-bond acceptors (Lipinski definition) is 2. The molecular weight excluding hydrogens is 236 g/mol. The largest absolute Gasteiger partial charge is 0.342 e. The molecule has 0 atom stereocenters. The van der Waals surface area contributed by atoms with Gasteiger partial charge in [-0.3, -0.25) is 4.79 Å². The van der Waals surface area contributed by atoms with Gasteiger partial charge in [-0.15, -0.1) is 0 Å². The second kappa shape index (κ2) is 4.76. The second-order valence-electron chi connectivity index (χ2n) is 7.24. The van der Waals surface area contributed by atoms with Crippen LogP contribution in [0.25, 0.3) is 0 Å². The van der Waals surface area contributed by atoms with Crippen molar-refractivity contribution in [3.63, 3.8) is 0 Å². The van der Waals surface area contributed by atoms with E-state index < -0.39 is 0 Å². The van der Waals surface area contributed by atoms with Crippen LogP contribution in [0.3, 0.4) is 0 Å². The summed E-state index contributed by atoms with van der Waals surface area (Å²) in [7, 11) is 0. The van der Waals surface area contributed by atoms with E-state index in [2.05, 4.69) is 10.2 Å². The summed E-state index contributed by atoms with van der Waals surface area (Å²) >= 11 is 0. The molecule has 1 aliphatic heterocycles. The molecule has 0 aromatic rings. The van der Waals surface area contributed by atoms with Crippen LogP contribution >= 0.6 is 0 Å². The fourth-order valence-corrected chi connectivity index (χ4v) is 3.69. The minimum Gasteiger partial charge on any atom is -0.342 e. The molecule has 19 heavy (non-hydrogen) atoms. The van der Waals surface area contributed by atoms with Gasteiger partial charge in [0.05, 0.1) is 0 Å². The normalized spacial score (nSPS) is 29.0. The number of amides is 1. The molecule has 1 N–H and O–H groups in total. The van der Waals surface area contributed by atoms with Gasteiger partial charge in [0, 0.05) is 31.1 Å². The highest BCUT2D eigenvalue weighted by molar-refractivity contribution is 5.81. The lowest BCUT2D eigenvalue weighted by Crippen LogP contribution is -2.49. The molecule has 0 spiro atoms. The molecule has 0 radical (unpaired) electrons. The molecule has 4 fully saturated rings. The summed E-state index contributed by atoms with van der Waals surface area (Å²) in [5, 5.41) is 3.95. The molecule has 1 heterocycles. The minimum atomic E-state index is 0.398. The Morgan fingerprint density at radius 2 is 1.47 bits per heavy atom. The van der Waals surface area contributed by atoms with Gasteiger partial charge >= 0.3 is 0 Å². The number of carbonyl (C=O) groups is 1. The van der Waals surface area contributed by atoms with Crippen LogP contribution in [-0.4, -0.2) is 36.0 Å². The molecule has 1 saturated heterocycles. The molecule has 3 nitrogen and oxygen atoms in total. The number of hydrogen-bond donors (Lipinski definition) is 1. The van der Waals surface area contributed by atoms with E-state index in [-0.39, 0.29) is 0 Å². The number of likely N-dealkylation sites (tertiary alicyclic amines) is 1. The fourth-order valence-electron chi connectivity index (χ4n) is 3.69. The van der Waals surface area contributed by atoms with Crippen molar-refractivity contribution in [3.05, 3.63) is 0 Å². The maximum Gasteiger partial charge on any atom is 0.225 e. The Balaban J connectivity index is 1.26. The first-order chi connectivity index (χ1) is 9.31. The van der Waals surface area contributed by atoms with Crippen molar-refractivity contribution in [3.8, 4) is 0 Å². The Hall–Kier alpha value is -0.570. The lowest BCUT2D eigenvalue weighted by Gasteiger charge is -2.35. The summed E-state index contributed by atoms with van der Waals surface area (Å²) in [6.07, 6.45) is 10.4. The standard InChI is InChI=1S/C16H26N2O/c19-16(13-5-6-13)18-9-7-14(8-10-18)17-15(11-1-2-11)12-3-4-12/h11-15,17H,1-10H2. The van der Waals surface area contributed by atoms with Crippen molar-refractivity contribution >= 4 is 5.91 Å². The topological polar surface area (TPSA) is 32.3 Å². The maximum atomic E-state index is 12.0. The smallest absolute Gasteiger partial charge is 0.225 e. The van der Waals surface area contributed by atoms with Crippen LogP contribution in [0.4, 0.5) is 0 Å². The van der Waals surface area contributed by atoms with E-state index >= 15 is 0 Å². The van der Waals surface area contributed by atoms with E-state index in [0.29, 0.717) is 17.9 Å². The van der Waals surface area contributed by atoms with E-state index in [1.165, 1.54) is 38.5 Å². The van der Waals surface area contributed by atoms with Gasteiger partial charge in [-0.05, 0) is 63.2 Å². The third-order valence-electron chi connectivity index (χ3n) is 5.42. The fraction of sp³-hybridized carbons (Fsp3) is 0.938. The Kier molecular flexibility index (Phi) is 3.06. The minimum absolute atomic E-state index is 0.398. The van der Waals surface area contributed by atoms with Crippen LogP contribution in [0.15, 0.2) is 0 Å². The molecule has 3 aliphatic carbocycles. The number of nitrogens with one attached hydrogen (secondary N) is 1. The van der Waals surface area contributed by atoms with Crippen LogP contribution in [0.5, 0.6) is 0 Å². The van der Waals surface area contributed by atoms with Crippen LogP contribution in [-0.2, 0) is 4.79 Å². The number of carbonyl (C=O) groups excluding carboxylic acids is 1. The quantitative estimate of drug-likeness (QED) is 0.823. The average molecular weight is 262 g/mol. The highest BCUT2D eigenvalue weighted by Gasteiger charge is 2.42. The molecule has 106 valence electrons. The Labute approximate surface area is 116 Å². The van der Waals surface area contributed by atoms with Crippen LogP contribution in [0, 0.1) is 17.8 Å². The number of rotatable bonds is 5. The summed E-state index contributed by atoms with van der Waals surface area (Å²) in [4.78, 5) is 14.2. The van der Waals surface area contributed by atoms with E-state index in [9.17, 15) is 4.79 Å². The Bertz CT molecular complexity index is 338. The van der Waals surface area contributed by atoms with E-state index in [1.807, 2.05) is 0 Å². The molecule has 0 aromatic heterocycles. The average Bonchev–Trinajstić information content (AvgIpc) is 3.33. The molecule has 3 heteroatoms. The highest BCUT2D eigenvalue weighted by atomic mass is 16.2. The summed E-state index contributed by atoms with van der Waals surface area (Å²) in [6.45, 7) is 1.99. The zero-order valence-electron chi connectivity index (χ0n) is 11.8. The zero-order valence-corrected chi connectivity index (χ0v) is 11.8. The summed E-state index contributed by atoms with van der Waals surface area (Å²) in [5.41, 5.74) is 0. The number of piperidine rings is 1. The summed E-state index contributed by atoms with van der Waals surface area (Å²) in [6, 6.07) is 1.49. The van der Waals surface area contributed by atoms with Crippen molar-refractivity contribution in [2.45, 2.75) is 63.5 Å². The van der Waals surface area contributed by atoms with Gasteiger partial charge in [0.15, 0.2) is 0 Å². The van der Waals surface area contributed by atoms with Gasteiger partial charge in [0.25, 0.3) is 0 Å². The van der Waals surface area contributed by atoms with Crippen molar-refractivity contribution in [1.29, 1.82) is 0 Å². The first-order valence-corrected chi connectivity index (χ1v) is 8.36.